The molecule has 0 bridgehead atoms. The number of ether oxygens (including phenoxy) is 1. The van der Waals surface area contributed by atoms with Gasteiger partial charge in [0, 0.05) is 61.7 Å². The Balaban J connectivity index is 1.17. The standard InChI is InChI=1S/C31H35F2N5O3/c1-19-26(35-25-7-10-38(31(40)29(19)25)9-2-8-37-11-13-41-14-12-37)16-23-22-15-24(33)28(17-27(22)36-30(23)39)34-18-20-3-5-21(32)6-4-20/h3-6,15-17,31,34-35,40H,2,7-14,18H2,1H3,(H,36,39)/b23-16-. The van der Waals surface area contributed by atoms with Crippen LogP contribution in [-0.2, 0) is 22.5 Å². The van der Waals surface area contributed by atoms with Crippen molar-refractivity contribution in [1.82, 2.24) is 14.8 Å². The zero-order chi connectivity index (χ0) is 28.5. The molecule has 4 N–H and O–H groups in total. The Hall–Kier alpha value is -3.57. The number of amides is 1. The molecule has 0 saturated carbocycles. The van der Waals surface area contributed by atoms with Gasteiger partial charge in [-0.3, -0.25) is 14.6 Å². The fourth-order valence-corrected chi connectivity index (χ4v) is 5.94. The summed E-state index contributed by atoms with van der Waals surface area (Å²) in [7, 11) is 0. The van der Waals surface area contributed by atoms with E-state index < -0.39 is 12.0 Å². The van der Waals surface area contributed by atoms with Crippen LogP contribution in [0.5, 0.6) is 0 Å². The van der Waals surface area contributed by atoms with Gasteiger partial charge < -0.3 is 25.5 Å². The molecule has 1 amide bonds. The van der Waals surface area contributed by atoms with Crippen molar-refractivity contribution in [2.45, 2.75) is 32.5 Å². The number of anilines is 2. The normalized spacial score (nSPS) is 20.2. The Kier molecular flexibility index (Phi) is 7.90. The van der Waals surface area contributed by atoms with Gasteiger partial charge in [-0.05, 0) is 61.4 Å². The highest BCUT2D eigenvalue weighted by atomic mass is 19.1. The molecule has 3 aliphatic rings. The van der Waals surface area contributed by atoms with Crippen molar-refractivity contribution < 1.29 is 23.4 Å². The molecule has 1 aromatic heterocycles. The molecule has 4 heterocycles. The number of hydrogen-bond acceptors (Lipinski definition) is 6. The maximum absolute atomic E-state index is 15.1. The van der Waals surface area contributed by atoms with Gasteiger partial charge >= 0.3 is 0 Å². The third-order valence-electron chi connectivity index (χ3n) is 8.27. The molecule has 6 rings (SSSR count). The number of aromatic amines is 1. The maximum Gasteiger partial charge on any atom is 0.256 e. The van der Waals surface area contributed by atoms with Gasteiger partial charge in [-0.2, -0.15) is 0 Å². The van der Waals surface area contributed by atoms with Gasteiger partial charge in [0.05, 0.1) is 30.2 Å². The first-order chi connectivity index (χ1) is 19.9. The average molecular weight is 564 g/mol. The number of aliphatic hydroxyl groups excluding tert-OH is 1. The Morgan fingerprint density at radius 1 is 1.12 bits per heavy atom. The summed E-state index contributed by atoms with van der Waals surface area (Å²) >= 11 is 0. The van der Waals surface area contributed by atoms with E-state index >= 15 is 4.39 Å². The number of aromatic nitrogens is 1. The number of morpholine rings is 1. The molecule has 216 valence electrons. The minimum Gasteiger partial charge on any atom is -0.379 e. The molecule has 1 fully saturated rings. The molecule has 1 atom stereocenters. The van der Waals surface area contributed by atoms with E-state index in [4.69, 9.17) is 4.74 Å². The number of fused-ring (bicyclic) bond motifs is 2. The average Bonchev–Trinajstić information content (AvgIpc) is 3.45. The highest BCUT2D eigenvalue weighted by Crippen LogP contribution is 2.39. The van der Waals surface area contributed by atoms with E-state index in [0.717, 1.165) is 86.9 Å². The Morgan fingerprint density at radius 3 is 2.68 bits per heavy atom. The summed E-state index contributed by atoms with van der Waals surface area (Å²) < 4.78 is 33.7. The van der Waals surface area contributed by atoms with E-state index in [1.54, 1.807) is 24.3 Å². The minimum absolute atomic E-state index is 0.248. The van der Waals surface area contributed by atoms with Crippen molar-refractivity contribution in [3.05, 3.63) is 81.7 Å². The molecule has 2 aromatic carbocycles. The Bertz CT molecular complexity index is 1460. The predicted molar refractivity (Wildman–Crippen MR) is 154 cm³/mol. The number of rotatable bonds is 8. The lowest BCUT2D eigenvalue weighted by atomic mass is 10.00. The molecule has 0 spiro atoms. The highest BCUT2D eigenvalue weighted by molar-refractivity contribution is 6.35. The zero-order valence-electron chi connectivity index (χ0n) is 23.1. The number of nitrogens with zero attached hydrogens (tertiary/aromatic N) is 2. The van der Waals surface area contributed by atoms with Crippen molar-refractivity contribution in [2.24, 2.45) is 0 Å². The fraction of sp³-hybridized carbons (Fsp3) is 0.387. The molecular formula is C31H35F2N5O3. The first-order valence-corrected chi connectivity index (χ1v) is 14.2. The molecule has 8 nitrogen and oxygen atoms in total. The lowest BCUT2D eigenvalue weighted by molar-refractivity contribution is -0.110. The van der Waals surface area contributed by atoms with E-state index in [2.05, 4.69) is 25.4 Å². The second-order valence-electron chi connectivity index (χ2n) is 10.9. The number of benzene rings is 2. The van der Waals surface area contributed by atoms with Gasteiger partial charge in [0.15, 0.2) is 0 Å². The first kappa shape index (κ1) is 27.6. The molecule has 3 aromatic rings. The van der Waals surface area contributed by atoms with Crippen LogP contribution in [-0.4, -0.2) is 71.7 Å². The number of aliphatic hydroxyl groups is 1. The molecule has 1 saturated heterocycles. The van der Waals surface area contributed by atoms with E-state index in [-0.39, 0.29) is 17.4 Å². The summed E-state index contributed by atoms with van der Waals surface area (Å²) in [6.45, 7) is 8.25. The first-order valence-electron chi connectivity index (χ1n) is 14.2. The number of nitrogens with one attached hydrogen (secondary N) is 3. The minimum atomic E-state index is -0.719. The number of H-pyrrole nitrogens is 1. The van der Waals surface area contributed by atoms with Crippen molar-refractivity contribution >= 4 is 28.9 Å². The van der Waals surface area contributed by atoms with Crippen molar-refractivity contribution in [2.75, 3.05) is 56.6 Å². The fourth-order valence-electron chi connectivity index (χ4n) is 5.94. The zero-order valence-corrected chi connectivity index (χ0v) is 23.1. The van der Waals surface area contributed by atoms with Gasteiger partial charge in [-0.25, -0.2) is 8.78 Å². The Morgan fingerprint density at radius 2 is 1.90 bits per heavy atom. The molecule has 0 radical (unpaired) electrons. The van der Waals surface area contributed by atoms with Crippen LogP contribution in [0.15, 0.2) is 36.4 Å². The Labute approximate surface area is 238 Å². The lowest BCUT2D eigenvalue weighted by Crippen LogP contribution is -2.40. The van der Waals surface area contributed by atoms with Crippen LogP contribution in [0.1, 0.15) is 46.3 Å². The summed E-state index contributed by atoms with van der Waals surface area (Å²) in [5, 5.41) is 17.1. The number of hydrogen-bond donors (Lipinski definition) is 4. The third-order valence-corrected chi connectivity index (χ3v) is 8.27. The highest BCUT2D eigenvalue weighted by Gasteiger charge is 2.31. The van der Waals surface area contributed by atoms with E-state index in [1.807, 2.05) is 6.92 Å². The second kappa shape index (κ2) is 11.7. The van der Waals surface area contributed by atoms with Gasteiger partial charge in [0.25, 0.3) is 5.91 Å². The summed E-state index contributed by atoms with van der Waals surface area (Å²) in [4.78, 5) is 20.9. The van der Waals surface area contributed by atoms with E-state index in [1.165, 1.54) is 18.2 Å². The van der Waals surface area contributed by atoms with Gasteiger partial charge in [-0.1, -0.05) is 12.1 Å². The quantitative estimate of drug-likeness (QED) is 0.306. The molecular weight excluding hydrogens is 528 g/mol. The van der Waals surface area contributed by atoms with Crippen LogP contribution in [0, 0.1) is 18.6 Å². The molecule has 0 aliphatic carbocycles. The monoisotopic (exact) mass is 563 g/mol. The van der Waals surface area contributed by atoms with Gasteiger partial charge in [0.2, 0.25) is 0 Å². The van der Waals surface area contributed by atoms with Crippen LogP contribution in [0.4, 0.5) is 20.2 Å². The van der Waals surface area contributed by atoms with Crippen molar-refractivity contribution in [3.63, 3.8) is 0 Å². The van der Waals surface area contributed by atoms with Crippen LogP contribution in [0.25, 0.3) is 11.6 Å². The van der Waals surface area contributed by atoms with Gasteiger partial charge in [-0.15, -0.1) is 0 Å². The van der Waals surface area contributed by atoms with Crippen molar-refractivity contribution in [1.29, 1.82) is 0 Å². The summed E-state index contributed by atoms with van der Waals surface area (Å²) in [6, 6.07) is 8.92. The van der Waals surface area contributed by atoms with Crippen LogP contribution >= 0.6 is 0 Å². The lowest BCUT2D eigenvalue weighted by Gasteiger charge is -2.34. The maximum atomic E-state index is 15.1. The third kappa shape index (κ3) is 5.78. The molecule has 3 aliphatic heterocycles. The largest absolute Gasteiger partial charge is 0.379 e. The summed E-state index contributed by atoms with van der Waals surface area (Å²) in [5.41, 5.74) is 5.87. The van der Waals surface area contributed by atoms with Gasteiger partial charge in [0.1, 0.15) is 17.9 Å². The molecule has 10 heteroatoms. The van der Waals surface area contributed by atoms with Crippen LogP contribution in [0.2, 0.25) is 0 Å². The van der Waals surface area contributed by atoms with E-state index in [9.17, 15) is 14.3 Å². The van der Waals surface area contributed by atoms with Crippen LogP contribution < -0.4 is 10.6 Å². The number of halogens is 2. The summed E-state index contributed by atoms with van der Waals surface area (Å²) in [5.74, 6) is -1.13. The molecule has 41 heavy (non-hydrogen) atoms. The second-order valence-corrected chi connectivity index (χ2v) is 10.9. The van der Waals surface area contributed by atoms with Crippen LogP contribution in [0.3, 0.4) is 0 Å². The van der Waals surface area contributed by atoms with Crippen molar-refractivity contribution in [3.8, 4) is 0 Å². The topological polar surface area (TPSA) is 92.9 Å². The summed E-state index contributed by atoms with van der Waals surface area (Å²) in [6.07, 6.45) is 2.77. The number of carbonyl (C=O) groups is 1. The van der Waals surface area contributed by atoms with E-state index in [0.29, 0.717) is 23.4 Å². The predicted octanol–water partition coefficient (Wildman–Crippen LogP) is 4.28. The SMILES string of the molecule is Cc1c(/C=C2\C(=O)Nc3cc(NCc4ccc(F)cc4)c(F)cc32)[nH]c2c1C(O)N(CCCN1CCOCC1)CC2. The number of carbonyl (C=O) groups excluding carboxylic acids is 1. The molecule has 1 unspecified atom stereocenters. The smallest absolute Gasteiger partial charge is 0.256 e.